The molecule has 1 aromatic heterocycles. The molecule has 28 heavy (non-hydrogen) atoms. The normalized spacial score (nSPS) is 17.5. The van der Waals surface area contributed by atoms with Crippen molar-refractivity contribution in [3.8, 4) is 0 Å². The number of aliphatic carboxylic acids is 1. The molecule has 152 valence electrons. The van der Waals surface area contributed by atoms with Crippen molar-refractivity contribution >= 4 is 32.8 Å². The van der Waals surface area contributed by atoms with Gasteiger partial charge in [-0.05, 0) is 44.6 Å². The largest absolute Gasteiger partial charge is 0.480 e. The van der Waals surface area contributed by atoms with Gasteiger partial charge in [0.25, 0.3) is 5.56 Å². The summed E-state index contributed by atoms with van der Waals surface area (Å²) in [5.41, 5.74) is 0.314. The van der Waals surface area contributed by atoms with Crippen LogP contribution in [0.5, 0.6) is 0 Å². The third-order valence-electron chi connectivity index (χ3n) is 5.29. The highest BCUT2D eigenvalue weighted by Gasteiger charge is 2.27. The second-order valence-electron chi connectivity index (χ2n) is 7.41. The zero-order chi connectivity index (χ0) is 20.3. The van der Waals surface area contributed by atoms with E-state index in [4.69, 9.17) is 4.98 Å². The van der Waals surface area contributed by atoms with Crippen LogP contribution >= 0.6 is 15.9 Å². The third-order valence-corrected chi connectivity index (χ3v) is 5.79. The Hall–Kier alpha value is -1.77. The fourth-order valence-electron chi connectivity index (χ4n) is 3.88. The second-order valence-corrected chi connectivity index (χ2v) is 8.33. The van der Waals surface area contributed by atoms with E-state index in [2.05, 4.69) is 39.7 Å². The molecule has 2 heterocycles. The molecular weight excluding hydrogens is 424 g/mol. The summed E-state index contributed by atoms with van der Waals surface area (Å²) in [4.78, 5) is 34.1. The standard InChI is InChI=1S/C20H27BrN4O3/c1-3-5-17(24-9-4-8-23(2)10-11-24)19-22-16-7-6-14(21)12-15(16)20(28)25(19)13-18(26)27/h6-7,12,17H,3-5,8-11,13H2,1-2H3,(H,26,27). The summed E-state index contributed by atoms with van der Waals surface area (Å²) < 4.78 is 2.13. The van der Waals surface area contributed by atoms with E-state index in [9.17, 15) is 14.7 Å². The molecule has 0 spiro atoms. The van der Waals surface area contributed by atoms with Crippen LogP contribution in [0, 0.1) is 0 Å². The van der Waals surface area contributed by atoms with E-state index in [1.54, 1.807) is 6.07 Å². The number of aromatic nitrogens is 2. The Kier molecular flexibility index (Phi) is 6.85. The number of fused-ring (bicyclic) bond motifs is 1. The zero-order valence-corrected chi connectivity index (χ0v) is 18.0. The van der Waals surface area contributed by atoms with Gasteiger partial charge in [0, 0.05) is 24.1 Å². The Bertz CT molecular complexity index is 914. The summed E-state index contributed by atoms with van der Waals surface area (Å²) in [6.45, 7) is 5.51. The molecule has 7 nitrogen and oxygen atoms in total. The molecule has 0 radical (unpaired) electrons. The van der Waals surface area contributed by atoms with Crippen molar-refractivity contribution in [3.05, 3.63) is 38.9 Å². The average molecular weight is 451 g/mol. The molecule has 1 saturated heterocycles. The van der Waals surface area contributed by atoms with E-state index in [1.807, 2.05) is 12.1 Å². The summed E-state index contributed by atoms with van der Waals surface area (Å²) in [7, 11) is 2.12. The van der Waals surface area contributed by atoms with Gasteiger partial charge in [0.05, 0.1) is 16.9 Å². The molecule has 1 fully saturated rings. The molecule has 8 heteroatoms. The van der Waals surface area contributed by atoms with Crippen molar-refractivity contribution in [2.45, 2.75) is 38.8 Å². The lowest BCUT2D eigenvalue weighted by atomic mass is 10.1. The van der Waals surface area contributed by atoms with Crippen LogP contribution in [0.25, 0.3) is 10.9 Å². The molecule has 1 N–H and O–H groups in total. The topological polar surface area (TPSA) is 78.7 Å². The number of carboxylic acid groups (broad SMARTS) is 1. The molecule has 1 aromatic carbocycles. The van der Waals surface area contributed by atoms with Gasteiger partial charge < -0.3 is 10.0 Å². The summed E-state index contributed by atoms with van der Waals surface area (Å²) >= 11 is 3.39. The van der Waals surface area contributed by atoms with Crippen LogP contribution < -0.4 is 5.56 Å². The van der Waals surface area contributed by atoms with Gasteiger partial charge >= 0.3 is 5.97 Å². The lowest BCUT2D eigenvalue weighted by Crippen LogP contribution is -2.38. The number of carboxylic acids is 1. The number of likely N-dealkylation sites (N-methyl/N-ethyl adjacent to an activating group) is 1. The highest BCUT2D eigenvalue weighted by molar-refractivity contribution is 9.10. The molecule has 1 aliphatic rings. The second kappa shape index (κ2) is 9.15. The van der Waals surface area contributed by atoms with E-state index in [1.165, 1.54) is 4.57 Å². The quantitative estimate of drug-likeness (QED) is 0.728. The molecule has 2 aromatic rings. The summed E-state index contributed by atoms with van der Waals surface area (Å²) in [6, 6.07) is 5.31. The van der Waals surface area contributed by atoms with E-state index >= 15 is 0 Å². The summed E-state index contributed by atoms with van der Waals surface area (Å²) in [5.74, 6) is -0.473. The molecule has 0 amide bonds. The summed E-state index contributed by atoms with van der Waals surface area (Å²) in [6.07, 6.45) is 2.80. The first kappa shape index (κ1) is 21.0. The maximum atomic E-state index is 13.2. The Morgan fingerprint density at radius 1 is 1.29 bits per heavy atom. The van der Waals surface area contributed by atoms with Gasteiger partial charge in [-0.3, -0.25) is 19.1 Å². The van der Waals surface area contributed by atoms with Crippen LogP contribution in [-0.2, 0) is 11.3 Å². The van der Waals surface area contributed by atoms with Crippen LogP contribution in [-0.4, -0.2) is 63.7 Å². The van der Waals surface area contributed by atoms with Gasteiger partial charge in [-0.15, -0.1) is 0 Å². The number of nitrogens with zero attached hydrogens (tertiary/aromatic N) is 4. The maximum absolute atomic E-state index is 13.2. The number of carbonyl (C=O) groups is 1. The average Bonchev–Trinajstić information content (AvgIpc) is 2.87. The van der Waals surface area contributed by atoms with Crippen LogP contribution in [0.4, 0.5) is 0 Å². The predicted molar refractivity (Wildman–Crippen MR) is 113 cm³/mol. The molecule has 0 aliphatic carbocycles. The predicted octanol–water partition coefficient (Wildman–Crippen LogP) is 2.72. The number of rotatable bonds is 6. The molecule has 3 rings (SSSR count). The first-order chi connectivity index (χ1) is 13.4. The molecule has 0 bridgehead atoms. The Morgan fingerprint density at radius 2 is 2.07 bits per heavy atom. The molecular formula is C20H27BrN4O3. The van der Waals surface area contributed by atoms with Crippen molar-refractivity contribution in [1.29, 1.82) is 0 Å². The Morgan fingerprint density at radius 3 is 2.79 bits per heavy atom. The molecule has 1 aliphatic heterocycles. The zero-order valence-electron chi connectivity index (χ0n) is 16.4. The van der Waals surface area contributed by atoms with Crippen LogP contribution in [0.3, 0.4) is 0 Å². The fourth-order valence-corrected chi connectivity index (χ4v) is 4.24. The number of halogens is 1. The highest BCUT2D eigenvalue weighted by atomic mass is 79.9. The van der Waals surface area contributed by atoms with E-state index in [0.29, 0.717) is 16.7 Å². The van der Waals surface area contributed by atoms with Crippen molar-refractivity contribution in [3.63, 3.8) is 0 Å². The van der Waals surface area contributed by atoms with E-state index in [-0.39, 0.29) is 18.1 Å². The first-order valence-corrected chi connectivity index (χ1v) is 10.5. The smallest absolute Gasteiger partial charge is 0.323 e. The SMILES string of the molecule is CCCC(c1nc2ccc(Br)cc2c(=O)n1CC(=O)O)N1CCCN(C)CC1. The number of benzene rings is 1. The van der Waals surface area contributed by atoms with Crippen LogP contribution in [0.15, 0.2) is 27.5 Å². The van der Waals surface area contributed by atoms with Crippen LogP contribution in [0.2, 0.25) is 0 Å². The minimum atomic E-state index is -1.04. The first-order valence-electron chi connectivity index (χ1n) is 9.75. The lowest BCUT2D eigenvalue weighted by molar-refractivity contribution is -0.137. The van der Waals surface area contributed by atoms with Crippen molar-refractivity contribution in [2.24, 2.45) is 0 Å². The van der Waals surface area contributed by atoms with Crippen molar-refractivity contribution < 1.29 is 9.90 Å². The van der Waals surface area contributed by atoms with Gasteiger partial charge in [-0.1, -0.05) is 29.3 Å². The Balaban J connectivity index is 2.14. The van der Waals surface area contributed by atoms with Gasteiger partial charge in [-0.2, -0.15) is 0 Å². The van der Waals surface area contributed by atoms with Gasteiger partial charge in [0.1, 0.15) is 12.4 Å². The minimum absolute atomic E-state index is 0.0726. The molecule has 0 saturated carbocycles. The minimum Gasteiger partial charge on any atom is -0.480 e. The highest BCUT2D eigenvalue weighted by Crippen LogP contribution is 2.27. The van der Waals surface area contributed by atoms with Crippen molar-refractivity contribution in [1.82, 2.24) is 19.4 Å². The molecule has 1 unspecified atom stereocenters. The van der Waals surface area contributed by atoms with E-state index in [0.717, 1.165) is 49.9 Å². The van der Waals surface area contributed by atoms with Gasteiger partial charge in [-0.25, -0.2) is 4.98 Å². The van der Waals surface area contributed by atoms with Crippen molar-refractivity contribution in [2.75, 3.05) is 33.2 Å². The summed E-state index contributed by atoms with van der Waals surface area (Å²) in [5, 5.41) is 9.86. The monoisotopic (exact) mass is 450 g/mol. The maximum Gasteiger partial charge on any atom is 0.323 e. The number of hydrogen-bond donors (Lipinski definition) is 1. The Labute approximate surface area is 173 Å². The fraction of sp³-hybridized carbons (Fsp3) is 0.550. The van der Waals surface area contributed by atoms with Crippen LogP contribution in [0.1, 0.15) is 38.1 Å². The van der Waals surface area contributed by atoms with E-state index < -0.39 is 5.97 Å². The van der Waals surface area contributed by atoms with Gasteiger partial charge in [0.15, 0.2) is 0 Å². The third kappa shape index (κ3) is 4.61. The number of hydrogen-bond acceptors (Lipinski definition) is 5. The van der Waals surface area contributed by atoms with Gasteiger partial charge in [0.2, 0.25) is 0 Å². The lowest BCUT2D eigenvalue weighted by Gasteiger charge is -2.31. The molecule has 1 atom stereocenters.